The average Bonchev–Trinajstić information content (AvgIpc) is 3.09. The number of carbonyl (C=O) groups is 1. The fraction of sp³-hybridized carbons (Fsp3) is 0.444. The third kappa shape index (κ3) is 5.87. The van der Waals surface area contributed by atoms with E-state index in [0.29, 0.717) is 18.2 Å². The number of nitrogens with one attached hydrogen (secondary N) is 1. The van der Waals surface area contributed by atoms with Crippen LogP contribution >= 0.6 is 0 Å². The SMILES string of the molecule is CC(C)c1ccc(N(CC(=O)NCCCn2ccnc2)S(C)(=O)=O)cc1. The van der Waals surface area contributed by atoms with Crippen LogP contribution in [0.25, 0.3) is 0 Å². The number of benzene rings is 1. The van der Waals surface area contributed by atoms with Gasteiger partial charge in [-0.15, -0.1) is 0 Å². The summed E-state index contributed by atoms with van der Waals surface area (Å²) in [6, 6.07) is 7.26. The molecule has 1 amide bonds. The molecule has 0 spiro atoms. The van der Waals surface area contributed by atoms with Gasteiger partial charge in [0.15, 0.2) is 0 Å². The summed E-state index contributed by atoms with van der Waals surface area (Å²) >= 11 is 0. The van der Waals surface area contributed by atoms with Gasteiger partial charge in [-0.25, -0.2) is 13.4 Å². The van der Waals surface area contributed by atoms with Crippen LogP contribution in [0.15, 0.2) is 43.0 Å². The number of imidazole rings is 1. The monoisotopic (exact) mass is 378 g/mol. The minimum absolute atomic E-state index is 0.231. The maximum atomic E-state index is 12.2. The van der Waals surface area contributed by atoms with E-state index in [1.165, 1.54) is 0 Å². The molecule has 1 N–H and O–H groups in total. The number of aromatic nitrogens is 2. The summed E-state index contributed by atoms with van der Waals surface area (Å²) < 4.78 is 27.3. The van der Waals surface area contributed by atoms with Gasteiger partial charge >= 0.3 is 0 Å². The van der Waals surface area contributed by atoms with Gasteiger partial charge in [-0.3, -0.25) is 9.10 Å². The standard InChI is InChI=1S/C18H26N4O3S/c1-15(2)16-5-7-17(8-6-16)22(26(3,24)25)13-18(23)20-9-4-11-21-12-10-19-14-21/h5-8,10,12,14-15H,4,9,11,13H2,1-3H3,(H,20,23). The van der Waals surface area contributed by atoms with Crippen molar-refractivity contribution in [3.63, 3.8) is 0 Å². The quantitative estimate of drug-likeness (QED) is 0.676. The van der Waals surface area contributed by atoms with E-state index in [2.05, 4.69) is 24.1 Å². The fourth-order valence-electron chi connectivity index (χ4n) is 2.52. The predicted octanol–water partition coefficient (Wildman–Crippen LogP) is 1.98. The minimum Gasteiger partial charge on any atom is -0.354 e. The Morgan fingerprint density at radius 1 is 1.27 bits per heavy atom. The van der Waals surface area contributed by atoms with Crippen molar-refractivity contribution in [3.8, 4) is 0 Å². The molecule has 1 heterocycles. The molecule has 0 saturated carbocycles. The van der Waals surface area contributed by atoms with Gasteiger partial charge in [0, 0.05) is 25.5 Å². The highest BCUT2D eigenvalue weighted by atomic mass is 32.2. The second-order valence-electron chi connectivity index (χ2n) is 6.52. The zero-order chi connectivity index (χ0) is 19.2. The van der Waals surface area contributed by atoms with Gasteiger partial charge in [-0.2, -0.15) is 0 Å². The molecule has 0 saturated heterocycles. The Morgan fingerprint density at radius 3 is 2.50 bits per heavy atom. The molecular weight excluding hydrogens is 352 g/mol. The molecule has 26 heavy (non-hydrogen) atoms. The van der Waals surface area contributed by atoms with E-state index in [0.717, 1.165) is 29.1 Å². The Morgan fingerprint density at radius 2 is 1.96 bits per heavy atom. The summed E-state index contributed by atoms with van der Waals surface area (Å²) in [6.07, 6.45) is 7.12. The smallest absolute Gasteiger partial charge is 0.240 e. The third-order valence-electron chi connectivity index (χ3n) is 4.01. The molecule has 0 bridgehead atoms. The molecule has 142 valence electrons. The number of nitrogens with zero attached hydrogens (tertiary/aromatic N) is 3. The second-order valence-corrected chi connectivity index (χ2v) is 8.43. The van der Waals surface area contributed by atoms with Gasteiger partial charge in [0.2, 0.25) is 15.9 Å². The lowest BCUT2D eigenvalue weighted by Gasteiger charge is -2.22. The zero-order valence-electron chi connectivity index (χ0n) is 15.4. The first-order chi connectivity index (χ1) is 12.3. The van der Waals surface area contributed by atoms with Crippen LogP contribution in [0.3, 0.4) is 0 Å². The number of hydrogen-bond donors (Lipinski definition) is 1. The average molecular weight is 378 g/mol. The molecule has 0 radical (unpaired) electrons. The van der Waals surface area contributed by atoms with Gasteiger partial charge in [0.1, 0.15) is 6.54 Å². The number of amides is 1. The van der Waals surface area contributed by atoms with Crippen LogP contribution in [0, 0.1) is 0 Å². The lowest BCUT2D eigenvalue weighted by Crippen LogP contribution is -2.40. The van der Waals surface area contributed by atoms with Crippen molar-refractivity contribution < 1.29 is 13.2 Å². The molecule has 0 fully saturated rings. The second kappa shape index (κ2) is 8.84. The Hall–Kier alpha value is -2.35. The van der Waals surface area contributed by atoms with Crippen LogP contribution < -0.4 is 9.62 Å². The van der Waals surface area contributed by atoms with Crippen molar-refractivity contribution >= 4 is 21.6 Å². The molecule has 0 aliphatic carbocycles. The first kappa shape index (κ1) is 20.0. The van der Waals surface area contributed by atoms with Gasteiger partial charge < -0.3 is 9.88 Å². The first-order valence-corrected chi connectivity index (χ1v) is 10.4. The highest BCUT2D eigenvalue weighted by Gasteiger charge is 2.20. The van der Waals surface area contributed by atoms with E-state index < -0.39 is 10.0 Å². The van der Waals surface area contributed by atoms with Crippen molar-refractivity contribution in [2.45, 2.75) is 32.7 Å². The van der Waals surface area contributed by atoms with Crippen LogP contribution in [-0.2, 0) is 21.4 Å². The first-order valence-electron chi connectivity index (χ1n) is 8.57. The Kier molecular flexibility index (Phi) is 6.79. The maximum absolute atomic E-state index is 12.2. The highest BCUT2D eigenvalue weighted by Crippen LogP contribution is 2.21. The Bertz CT molecular complexity index is 799. The largest absolute Gasteiger partial charge is 0.354 e. The number of anilines is 1. The lowest BCUT2D eigenvalue weighted by atomic mass is 10.0. The topological polar surface area (TPSA) is 84.3 Å². The van der Waals surface area contributed by atoms with Gasteiger partial charge in [-0.1, -0.05) is 26.0 Å². The van der Waals surface area contributed by atoms with E-state index >= 15 is 0 Å². The van der Waals surface area contributed by atoms with Crippen molar-refractivity contribution in [2.75, 3.05) is 23.7 Å². The van der Waals surface area contributed by atoms with Crippen molar-refractivity contribution in [3.05, 3.63) is 48.5 Å². The summed E-state index contributed by atoms with van der Waals surface area (Å²) in [4.78, 5) is 16.1. The van der Waals surface area contributed by atoms with Gasteiger partial charge in [0.05, 0.1) is 18.3 Å². The normalized spacial score (nSPS) is 11.5. The molecule has 0 unspecified atom stereocenters. The zero-order valence-corrected chi connectivity index (χ0v) is 16.2. The number of hydrogen-bond acceptors (Lipinski definition) is 4. The molecule has 8 heteroatoms. The van der Waals surface area contributed by atoms with E-state index in [4.69, 9.17) is 0 Å². The summed E-state index contributed by atoms with van der Waals surface area (Å²) in [7, 11) is -3.55. The van der Waals surface area contributed by atoms with E-state index in [9.17, 15) is 13.2 Å². The lowest BCUT2D eigenvalue weighted by molar-refractivity contribution is -0.119. The summed E-state index contributed by atoms with van der Waals surface area (Å²) in [6.45, 7) is 5.12. The number of aryl methyl sites for hydroxylation is 1. The molecule has 7 nitrogen and oxygen atoms in total. The number of rotatable bonds is 9. The van der Waals surface area contributed by atoms with Crippen LogP contribution in [0.2, 0.25) is 0 Å². The van der Waals surface area contributed by atoms with Crippen LogP contribution in [0.5, 0.6) is 0 Å². The number of sulfonamides is 1. The number of carbonyl (C=O) groups excluding carboxylic acids is 1. The van der Waals surface area contributed by atoms with E-state index in [-0.39, 0.29) is 12.5 Å². The predicted molar refractivity (Wildman–Crippen MR) is 103 cm³/mol. The van der Waals surface area contributed by atoms with Crippen LogP contribution in [-0.4, -0.2) is 43.2 Å². The highest BCUT2D eigenvalue weighted by molar-refractivity contribution is 7.92. The molecule has 1 aromatic heterocycles. The van der Waals surface area contributed by atoms with Gasteiger partial charge in [-0.05, 0) is 30.0 Å². The fourth-order valence-corrected chi connectivity index (χ4v) is 3.38. The minimum atomic E-state index is -3.55. The third-order valence-corrected chi connectivity index (χ3v) is 5.15. The van der Waals surface area contributed by atoms with Crippen molar-refractivity contribution in [2.24, 2.45) is 0 Å². The molecule has 0 aliphatic rings. The molecule has 0 aliphatic heterocycles. The molecule has 2 aromatic rings. The summed E-state index contributed by atoms with van der Waals surface area (Å²) in [5.41, 5.74) is 1.61. The Labute approximate surface area is 155 Å². The molecule has 2 rings (SSSR count). The summed E-state index contributed by atoms with van der Waals surface area (Å²) in [5, 5.41) is 2.77. The molecule has 1 aromatic carbocycles. The van der Waals surface area contributed by atoms with Gasteiger partial charge in [0.25, 0.3) is 0 Å². The van der Waals surface area contributed by atoms with Crippen LogP contribution in [0.1, 0.15) is 31.7 Å². The van der Waals surface area contributed by atoms with Crippen molar-refractivity contribution in [1.29, 1.82) is 0 Å². The van der Waals surface area contributed by atoms with E-state index in [1.807, 2.05) is 22.9 Å². The summed E-state index contributed by atoms with van der Waals surface area (Å²) in [5.74, 6) is 0.0310. The van der Waals surface area contributed by atoms with E-state index in [1.54, 1.807) is 24.7 Å². The molecular formula is C18H26N4O3S. The Balaban J connectivity index is 1.93. The maximum Gasteiger partial charge on any atom is 0.240 e. The van der Waals surface area contributed by atoms with Crippen LogP contribution in [0.4, 0.5) is 5.69 Å². The molecule has 0 atom stereocenters. The van der Waals surface area contributed by atoms with Crippen molar-refractivity contribution in [1.82, 2.24) is 14.9 Å².